The van der Waals surface area contributed by atoms with Crippen LogP contribution < -0.4 is 5.32 Å². The van der Waals surface area contributed by atoms with Gasteiger partial charge in [0, 0.05) is 45.8 Å². The van der Waals surface area contributed by atoms with E-state index < -0.39 is 0 Å². The standard InChI is InChI=1S/C20H32FN3O.HI/c1-20(2,17-5-7-18(21)8-6-17)15-23-19(22-3)24(4)12-9-16-10-13-25-14-11-16;/h5-8,16H,9-15H2,1-4H3,(H,22,23);1H. The molecule has 0 aromatic heterocycles. The molecule has 4 nitrogen and oxygen atoms in total. The van der Waals surface area contributed by atoms with Crippen LogP contribution in [-0.4, -0.2) is 51.3 Å². The first-order valence-corrected chi connectivity index (χ1v) is 9.18. The smallest absolute Gasteiger partial charge is 0.193 e. The highest BCUT2D eigenvalue weighted by molar-refractivity contribution is 14.0. The lowest BCUT2D eigenvalue weighted by molar-refractivity contribution is 0.0625. The van der Waals surface area contributed by atoms with Crippen LogP contribution in [0.4, 0.5) is 4.39 Å². The number of aliphatic imine (C=N–C) groups is 1. The van der Waals surface area contributed by atoms with Crippen LogP contribution in [0.5, 0.6) is 0 Å². The van der Waals surface area contributed by atoms with Crippen LogP contribution in [-0.2, 0) is 10.2 Å². The molecule has 148 valence electrons. The van der Waals surface area contributed by atoms with Crippen molar-refractivity contribution in [2.75, 3.05) is 40.4 Å². The van der Waals surface area contributed by atoms with Gasteiger partial charge in [-0.25, -0.2) is 4.39 Å². The van der Waals surface area contributed by atoms with E-state index in [1.807, 2.05) is 19.2 Å². The largest absolute Gasteiger partial charge is 0.381 e. The Balaban J connectivity index is 0.00000338. The molecular formula is C20H33FIN3O. The van der Waals surface area contributed by atoms with Crippen LogP contribution in [0, 0.1) is 11.7 Å². The van der Waals surface area contributed by atoms with E-state index in [4.69, 9.17) is 4.74 Å². The lowest BCUT2D eigenvalue weighted by Gasteiger charge is -2.30. The first-order valence-electron chi connectivity index (χ1n) is 9.18. The zero-order valence-electron chi connectivity index (χ0n) is 16.4. The van der Waals surface area contributed by atoms with Crippen molar-refractivity contribution in [3.8, 4) is 0 Å². The predicted molar refractivity (Wildman–Crippen MR) is 117 cm³/mol. The molecule has 0 bridgehead atoms. The van der Waals surface area contributed by atoms with Gasteiger partial charge < -0.3 is 15.0 Å². The third-order valence-electron chi connectivity index (χ3n) is 5.10. The molecule has 0 spiro atoms. The van der Waals surface area contributed by atoms with Gasteiger partial charge in [-0.05, 0) is 42.9 Å². The van der Waals surface area contributed by atoms with Gasteiger partial charge in [-0.1, -0.05) is 26.0 Å². The van der Waals surface area contributed by atoms with Gasteiger partial charge in [-0.3, -0.25) is 4.99 Å². The van der Waals surface area contributed by atoms with Crippen LogP contribution in [0.2, 0.25) is 0 Å². The molecule has 26 heavy (non-hydrogen) atoms. The number of ether oxygens (including phenoxy) is 1. The van der Waals surface area contributed by atoms with Crippen LogP contribution in [0.15, 0.2) is 29.3 Å². The van der Waals surface area contributed by atoms with E-state index >= 15 is 0 Å². The van der Waals surface area contributed by atoms with E-state index in [0.717, 1.165) is 56.6 Å². The van der Waals surface area contributed by atoms with Crippen molar-refractivity contribution < 1.29 is 9.13 Å². The minimum atomic E-state index is -0.198. The maximum Gasteiger partial charge on any atom is 0.193 e. The second-order valence-corrected chi connectivity index (χ2v) is 7.56. The Bertz CT molecular complexity index is 557. The summed E-state index contributed by atoms with van der Waals surface area (Å²) in [6.07, 6.45) is 3.50. The van der Waals surface area contributed by atoms with Crippen LogP contribution in [0.3, 0.4) is 0 Å². The molecule has 0 unspecified atom stereocenters. The average molecular weight is 477 g/mol. The minimum absolute atomic E-state index is 0. The summed E-state index contributed by atoms with van der Waals surface area (Å²) in [5, 5.41) is 3.47. The molecule has 1 fully saturated rings. The first-order chi connectivity index (χ1) is 11.9. The average Bonchev–Trinajstić information content (AvgIpc) is 2.61. The van der Waals surface area contributed by atoms with E-state index in [-0.39, 0.29) is 35.2 Å². The molecule has 1 aromatic rings. The molecule has 1 N–H and O–H groups in total. The van der Waals surface area contributed by atoms with Crippen molar-refractivity contribution in [3.63, 3.8) is 0 Å². The van der Waals surface area contributed by atoms with E-state index in [1.165, 1.54) is 18.6 Å². The summed E-state index contributed by atoms with van der Waals surface area (Å²) in [5.41, 5.74) is 1.01. The summed E-state index contributed by atoms with van der Waals surface area (Å²) in [7, 11) is 3.90. The van der Waals surface area contributed by atoms with Crippen LogP contribution in [0.1, 0.15) is 38.7 Å². The van der Waals surface area contributed by atoms with E-state index in [9.17, 15) is 4.39 Å². The molecule has 0 atom stereocenters. The number of nitrogens with one attached hydrogen (secondary N) is 1. The van der Waals surface area contributed by atoms with Gasteiger partial charge in [0.1, 0.15) is 5.82 Å². The molecule has 0 radical (unpaired) electrons. The highest BCUT2D eigenvalue weighted by Crippen LogP contribution is 2.22. The molecule has 1 aromatic carbocycles. The van der Waals surface area contributed by atoms with Crippen molar-refractivity contribution >= 4 is 29.9 Å². The monoisotopic (exact) mass is 477 g/mol. The lowest BCUT2D eigenvalue weighted by atomic mass is 9.84. The highest BCUT2D eigenvalue weighted by Gasteiger charge is 2.22. The highest BCUT2D eigenvalue weighted by atomic mass is 127. The third kappa shape index (κ3) is 7.02. The first kappa shape index (κ1) is 23.1. The van der Waals surface area contributed by atoms with Gasteiger partial charge in [0.15, 0.2) is 5.96 Å². The topological polar surface area (TPSA) is 36.9 Å². The Morgan fingerprint density at radius 2 is 1.88 bits per heavy atom. The molecule has 2 rings (SSSR count). The van der Waals surface area contributed by atoms with Crippen molar-refractivity contribution in [1.82, 2.24) is 10.2 Å². The molecule has 0 amide bonds. The number of benzene rings is 1. The van der Waals surface area contributed by atoms with Crippen molar-refractivity contribution in [2.45, 2.75) is 38.5 Å². The fraction of sp³-hybridized carbons (Fsp3) is 0.650. The third-order valence-corrected chi connectivity index (χ3v) is 5.10. The van der Waals surface area contributed by atoms with Crippen molar-refractivity contribution in [1.29, 1.82) is 0 Å². The number of halogens is 2. The normalized spacial score (nSPS) is 16.1. The van der Waals surface area contributed by atoms with Gasteiger partial charge in [0.05, 0.1) is 0 Å². The van der Waals surface area contributed by atoms with Gasteiger partial charge >= 0.3 is 0 Å². The van der Waals surface area contributed by atoms with Crippen molar-refractivity contribution in [3.05, 3.63) is 35.6 Å². The zero-order chi connectivity index (χ0) is 18.3. The fourth-order valence-electron chi connectivity index (χ4n) is 3.21. The molecule has 1 saturated heterocycles. The Morgan fingerprint density at radius 1 is 1.27 bits per heavy atom. The van der Waals surface area contributed by atoms with E-state index in [0.29, 0.717) is 0 Å². The van der Waals surface area contributed by atoms with Crippen LogP contribution >= 0.6 is 24.0 Å². The second kappa shape index (κ2) is 11.1. The van der Waals surface area contributed by atoms with Crippen LogP contribution in [0.25, 0.3) is 0 Å². The molecule has 0 saturated carbocycles. The summed E-state index contributed by atoms with van der Waals surface area (Å²) in [6.45, 7) is 7.83. The quantitative estimate of drug-likeness (QED) is 0.382. The molecule has 1 aliphatic heterocycles. The van der Waals surface area contributed by atoms with Crippen molar-refractivity contribution in [2.24, 2.45) is 10.9 Å². The Hall–Kier alpha value is -0.890. The zero-order valence-corrected chi connectivity index (χ0v) is 18.8. The molecular weight excluding hydrogens is 444 g/mol. The Morgan fingerprint density at radius 3 is 2.46 bits per heavy atom. The molecule has 0 aliphatic carbocycles. The fourth-order valence-corrected chi connectivity index (χ4v) is 3.21. The lowest BCUT2D eigenvalue weighted by Crippen LogP contribution is -2.44. The van der Waals surface area contributed by atoms with E-state index in [2.05, 4.69) is 36.1 Å². The SMILES string of the molecule is CN=C(NCC(C)(C)c1ccc(F)cc1)N(C)CCC1CCOCC1.I. The van der Waals surface area contributed by atoms with Gasteiger partial charge in [0.2, 0.25) is 0 Å². The number of rotatable bonds is 6. The molecule has 1 heterocycles. The summed E-state index contributed by atoms with van der Waals surface area (Å²) in [5.74, 6) is 1.46. The Kier molecular flexibility index (Phi) is 9.85. The second-order valence-electron chi connectivity index (χ2n) is 7.56. The van der Waals surface area contributed by atoms with E-state index in [1.54, 1.807) is 0 Å². The minimum Gasteiger partial charge on any atom is -0.381 e. The Labute approximate surface area is 174 Å². The van der Waals surface area contributed by atoms with Gasteiger partial charge in [0.25, 0.3) is 0 Å². The molecule has 6 heteroatoms. The maximum atomic E-state index is 13.1. The summed E-state index contributed by atoms with van der Waals surface area (Å²) < 4.78 is 18.6. The van der Waals surface area contributed by atoms with Gasteiger partial charge in [-0.2, -0.15) is 0 Å². The molecule has 1 aliphatic rings. The summed E-state index contributed by atoms with van der Waals surface area (Å²) >= 11 is 0. The summed E-state index contributed by atoms with van der Waals surface area (Å²) in [6, 6.07) is 6.75. The number of guanidine groups is 1. The van der Waals surface area contributed by atoms with Gasteiger partial charge in [-0.15, -0.1) is 24.0 Å². The number of nitrogens with zero attached hydrogens (tertiary/aromatic N) is 2. The summed E-state index contributed by atoms with van der Waals surface area (Å²) in [4.78, 5) is 6.60. The maximum absolute atomic E-state index is 13.1. The number of hydrogen-bond donors (Lipinski definition) is 1. The predicted octanol–water partition coefficient (Wildman–Crippen LogP) is 4.05. The number of hydrogen-bond acceptors (Lipinski definition) is 2.